The molecule has 1 aromatic rings. The number of carbonyl (C=O) groups excluding carboxylic acids is 3. The maximum atomic E-state index is 13.3. The highest BCUT2D eigenvalue weighted by Crippen LogP contribution is 2.08. The minimum atomic E-state index is -1.38. The Morgan fingerprint density at radius 1 is 0.780 bits per heavy atom. The fraction of sp³-hybridized carbons (Fsp3) is 0.538. The van der Waals surface area contributed by atoms with Crippen LogP contribution in [0.3, 0.4) is 0 Å². The highest BCUT2D eigenvalue weighted by molar-refractivity contribution is 5.94. The minimum absolute atomic E-state index is 0.0660. The standard InChI is InChI=1S/C26H42N8O7/c27-13-5-4-9-20(25(40)41)34-24(39)19(11-12-21(35)36)33-23(38)18(10-6-14-31-26(29)30)32-22(37)17(28)15-16-7-2-1-3-8-16/h1-3,7-8,17-20H,4-6,9-15,27-28H2,(H,32,37)(H,33,38)(H,34,39)(H,35,36)(H,40,41)(H4,29,30,31). The van der Waals surface area contributed by atoms with Crippen molar-refractivity contribution >= 4 is 35.6 Å². The molecule has 0 saturated carbocycles. The van der Waals surface area contributed by atoms with Crippen molar-refractivity contribution in [3.05, 3.63) is 35.9 Å². The summed E-state index contributed by atoms with van der Waals surface area (Å²) in [6.07, 6.45) is 0.839. The Hall–Kier alpha value is -4.24. The summed E-state index contributed by atoms with van der Waals surface area (Å²) in [7, 11) is 0. The lowest BCUT2D eigenvalue weighted by molar-refractivity contribution is -0.143. The Morgan fingerprint density at radius 2 is 1.34 bits per heavy atom. The summed E-state index contributed by atoms with van der Waals surface area (Å²) in [5, 5.41) is 26.0. The van der Waals surface area contributed by atoms with Crippen LogP contribution in [0.5, 0.6) is 0 Å². The number of benzene rings is 1. The van der Waals surface area contributed by atoms with E-state index in [1.807, 2.05) is 6.07 Å². The molecule has 0 aliphatic rings. The zero-order chi connectivity index (χ0) is 30.8. The van der Waals surface area contributed by atoms with Gasteiger partial charge in [-0.05, 0) is 57.1 Å². The van der Waals surface area contributed by atoms with Gasteiger partial charge in [-0.3, -0.25) is 24.2 Å². The Labute approximate surface area is 238 Å². The lowest BCUT2D eigenvalue weighted by Crippen LogP contribution is -2.57. The molecular weight excluding hydrogens is 536 g/mol. The van der Waals surface area contributed by atoms with E-state index in [0.717, 1.165) is 5.56 Å². The minimum Gasteiger partial charge on any atom is -0.481 e. The maximum absolute atomic E-state index is 13.3. The number of hydrogen-bond donors (Lipinski definition) is 9. The third kappa shape index (κ3) is 14.6. The summed E-state index contributed by atoms with van der Waals surface area (Å²) in [5.41, 5.74) is 23.0. The number of rotatable bonds is 20. The van der Waals surface area contributed by atoms with E-state index >= 15 is 0 Å². The second-order valence-electron chi connectivity index (χ2n) is 9.48. The zero-order valence-corrected chi connectivity index (χ0v) is 23.0. The SMILES string of the molecule is NCCCCC(NC(=O)C(CCC(=O)O)NC(=O)C(CCCN=C(N)N)NC(=O)C(N)Cc1ccccc1)C(=O)O. The molecule has 0 aliphatic heterocycles. The Bertz CT molecular complexity index is 1030. The number of nitrogens with two attached hydrogens (primary N) is 4. The molecule has 41 heavy (non-hydrogen) atoms. The van der Waals surface area contributed by atoms with Crippen LogP contribution in [-0.4, -0.2) is 83.1 Å². The van der Waals surface area contributed by atoms with Crippen LogP contribution < -0.4 is 38.9 Å². The zero-order valence-electron chi connectivity index (χ0n) is 23.0. The number of aliphatic imine (C=N–C) groups is 1. The van der Waals surface area contributed by atoms with Gasteiger partial charge in [0, 0.05) is 13.0 Å². The molecule has 13 N–H and O–H groups in total. The molecule has 1 rings (SSSR count). The molecule has 228 valence electrons. The molecule has 3 amide bonds. The first-order valence-electron chi connectivity index (χ1n) is 13.3. The lowest BCUT2D eigenvalue weighted by Gasteiger charge is -2.25. The van der Waals surface area contributed by atoms with Gasteiger partial charge in [0.25, 0.3) is 0 Å². The van der Waals surface area contributed by atoms with E-state index < -0.39 is 60.2 Å². The number of guanidine groups is 1. The summed E-state index contributed by atoms with van der Waals surface area (Å²) >= 11 is 0. The van der Waals surface area contributed by atoms with E-state index in [4.69, 9.17) is 28.0 Å². The van der Waals surface area contributed by atoms with Crippen molar-refractivity contribution < 1.29 is 34.2 Å². The second kappa shape index (κ2) is 18.9. The van der Waals surface area contributed by atoms with Gasteiger partial charge in [0.15, 0.2) is 5.96 Å². The lowest BCUT2D eigenvalue weighted by atomic mass is 10.0. The maximum Gasteiger partial charge on any atom is 0.326 e. The molecule has 4 atom stereocenters. The average molecular weight is 579 g/mol. The van der Waals surface area contributed by atoms with Gasteiger partial charge >= 0.3 is 11.9 Å². The molecule has 4 unspecified atom stereocenters. The Kier molecular flexibility index (Phi) is 16.1. The smallest absolute Gasteiger partial charge is 0.326 e. The molecule has 0 saturated heterocycles. The van der Waals surface area contributed by atoms with Gasteiger partial charge in [-0.15, -0.1) is 0 Å². The van der Waals surface area contributed by atoms with Gasteiger partial charge < -0.3 is 49.1 Å². The van der Waals surface area contributed by atoms with Crippen molar-refractivity contribution in [3.8, 4) is 0 Å². The number of nitrogens with zero attached hydrogens (tertiary/aromatic N) is 1. The molecule has 0 bridgehead atoms. The van der Waals surface area contributed by atoms with E-state index in [1.165, 1.54) is 0 Å². The quantitative estimate of drug-likeness (QED) is 0.0470. The Balaban J connectivity index is 3.04. The van der Waals surface area contributed by atoms with Crippen LogP contribution in [0.2, 0.25) is 0 Å². The molecular formula is C26H42N8O7. The largest absolute Gasteiger partial charge is 0.481 e. The van der Waals surface area contributed by atoms with Gasteiger partial charge in [0.2, 0.25) is 17.7 Å². The molecule has 0 aromatic heterocycles. The van der Waals surface area contributed by atoms with E-state index in [2.05, 4.69) is 20.9 Å². The molecule has 0 radical (unpaired) electrons. The molecule has 0 fully saturated rings. The van der Waals surface area contributed by atoms with E-state index in [0.29, 0.717) is 19.4 Å². The fourth-order valence-electron chi connectivity index (χ4n) is 3.84. The van der Waals surface area contributed by atoms with Gasteiger partial charge in [-0.25, -0.2) is 4.79 Å². The number of nitrogens with one attached hydrogen (secondary N) is 3. The monoisotopic (exact) mass is 578 g/mol. The van der Waals surface area contributed by atoms with Crippen LogP contribution in [0.4, 0.5) is 0 Å². The number of hydrogen-bond acceptors (Lipinski definition) is 8. The predicted octanol–water partition coefficient (Wildman–Crippen LogP) is -1.86. The number of carbonyl (C=O) groups is 5. The van der Waals surface area contributed by atoms with Crippen LogP contribution in [0.15, 0.2) is 35.3 Å². The van der Waals surface area contributed by atoms with Gasteiger partial charge in [0.05, 0.1) is 6.04 Å². The first-order valence-corrected chi connectivity index (χ1v) is 13.3. The first kappa shape index (κ1) is 34.8. The third-order valence-electron chi connectivity index (χ3n) is 6.05. The molecule has 15 heteroatoms. The van der Waals surface area contributed by atoms with Crippen molar-refractivity contribution in [1.29, 1.82) is 0 Å². The second-order valence-corrected chi connectivity index (χ2v) is 9.48. The van der Waals surface area contributed by atoms with Gasteiger partial charge in [-0.1, -0.05) is 30.3 Å². The topological polar surface area (TPSA) is 278 Å². The Morgan fingerprint density at radius 3 is 1.90 bits per heavy atom. The highest BCUT2D eigenvalue weighted by Gasteiger charge is 2.30. The van der Waals surface area contributed by atoms with Gasteiger partial charge in [-0.2, -0.15) is 0 Å². The number of unbranched alkanes of at least 4 members (excludes halogenated alkanes) is 1. The summed E-state index contributed by atoms with van der Waals surface area (Å²) in [4.78, 5) is 65.8. The van der Waals surface area contributed by atoms with Crippen LogP contribution >= 0.6 is 0 Å². The summed E-state index contributed by atoms with van der Waals surface area (Å²) < 4.78 is 0. The van der Waals surface area contributed by atoms with E-state index in [9.17, 15) is 29.1 Å². The van der Waals surface area contributed by atoms with E-state index in [1.54, 1.807) is 24.3 Å². The molecule has 15 nitrogen and oxygen atoms in total. The number of amides is 3. The average Bonchev–Trinajstić information content (AvgIpc) is 2.91. The first-order chi connectivity index (χ1) is 19.4. The van der Waals surface area contributed by atoms with Crippen molar-refractivity contribution in [1.82, 2.24) is 16.0 Å². The number of carboxylic acid groups (broad SMARTS) is 2. The van der Waals surface area contributed by atoms with Crippen molar-refractivity contribution in [3.63, 3.8) is 0 Å². The fourth-order valence-corrected chi connectivity index (χ4v) is 3.84. The number of aliphatic carboxylic acids is 2. The molecule has 0 heterocycles. The highest BCUT2D eigenvalue weighted by atomic mass is 16.4. The summed E-state index contributed by atoms with van der Waals surface area (Å²) in [5.74, 6) is -4.92. The molecule has 1 aromatic carbocycles. The van der Waals surface area contributed by atoms with Gasteiger partial charge in [0.1, 0.15) is 18.1 Å². The van der Waals surface area contributed by atoms with E-state index in [-0.39, 0.29) is 44.6 Å². The van der Waals surface area contributed by atoms with Crippen molar-refractivity contribution in [2.75, 3.05) is 13.1 Å². The van der Waals surface area contributed by atoms with Crippen LogP contribution in [-0.2, 0) is 30.4 Å². The van der Waals surface area contributed by atoms with Crippen molar-refractivity contribution in [2.24, 2.45) is 27.9 Å². The molecule has 0 aliphatic carbocycles. The van der Waals surface area contributed by atoms with Crippen LogP contribution in [0.1, 0.15) is 50.5 Å². The number of carboxylic acids is 2. The predicted molar refractivity (Wildman–Crippen MR) is 151 cm³/mol. The summed E-state index contributed by atoms with van der Waals surface area (Å²) in [6, 6.07) is 4.23. The third-order valence-corrected chi connectivity index (χ3v) is 6.05. The molecule has 0 spiro atoms. The van der Waals surface area contributed by atoms with Crippen LogP contribution in [0.25, 0.3) is 0 Å². The van der Waals surface area contributed by atoms with Crippen LogP contribution in [0, 0.1) is 0 Å². The summed E-state index contributed by atoms with van der Waals surface area (Å²) in [6.45, 7) is 0.507. The van der Waals surface area contributed by atoms with Crippen molar-refractivity contribution in [2.45, 2.75) is 75.5 Å². The normalized spacial score (nSPS) is 13.6.